The molecule has 0 unspecified atom stereocenters. The van der Waals surface area contributed by atoms with Crippen LogP contribution in [-0.4, -0.2) is 32.4 Å². The molecule has 0 saturated heterocycles. The summed E-state index contributed by atoms with van der Waals surface area (Å²) < 4.78 is 5.09. The average molecular weight is 244 g/mol. The molecule has 0 aromatic heterocycles. The van der Waals surface area contributed by atoms with Gasteiger partial charge in [-0.2, -0.15) is 0 Å². The van der Waals surface area contributed by atoms with E-state index >= 15 is 0 Å². The number of aliphatic hydroxyl groups is 1. The van der Waals surface area contributed by atoms with Crippen LogP contribution in [0.4, 0.5) is 5.69 Å². The van der Waals surface area contributed by atoms with E-state index in [0.29, 0.717) is 5.02 Å². The zero-order chi connectivity index (χ0) is 12.0. The second-order valence-corrected chi connectivity index (χ2v) is 4.08. The maximum atomic E-state index is 8.71. The van der Waals surface area contributed by atoms with Gasteiger partial charge in [-0.1, -0.05) is 11.6 Å². The number of nitrogens with zero attached hydrogens (tertiary/aromatic N) is 1. The van der Waals surface area contributed by atoms with Crippen molar-refractivity contribution in [3.8, 4) is 5.75 Å². The Hall–Kier alpha value is -0.930. The zero-order valence-electron chi connectivity index (χ0n) is 9.74. The summed E-state index contributed by atoms with van der Waals surface area (Å²) in [5.74, 6) is 0.762. The van der Waals surface area contributed by atoms with Gasteiger partial charge in [0.1, 0.15) is 5.75 Å². The van der Waals surface area contributed by atoms with Gasteiger partial charge in [-0.15, -0.1) is 0 Å². The summed E-state index contributed by atoms with van der Waals surface area (Å²) in [4.78, 5) is 2.08. The van der Waals surface area contributed by atoms with E-state index in [1.54, 1.807) is 13.2 Å². The SMILES string of the molecule is COc1ccc(N(C)CCCCO)c(Cl)c1. The van der Waals surface area contributed by atoms with E-state index in [9.17, 15) is 0 Å². The first-order valence-corrected chi connectivity index (χ1v) is 5.72. The van der Waals surface area contributed by atoms with Gasteiger partial charge in [0.25, 0.3) is 0 Å². The Labute approximate surface area is 102 Å². The van der Waals surface area contributed by atoms with Crippen LogP contribution in [0.2, 0.25) is 5.02 Å². The molecule has 0 saturated carbocycles. The Balaban J connectivity index is 2.64. The molecule has 0 heterocycles. The summed E-state index contributed by atoms with van der Waals surface area (Å²) in [6.07, 6.45) is 1.77. The molecule has 0 bridgehead atoms. The molecule has 4 heteroatoms. The van der Waals surface area contributed by atoms with E-state index in [1.807, 2.05) is 19.2 Å². The number of ether oxygens (including phenoxy) is 1. The van der Waals surface area contributed by atoms with Crippen molar-refractivity contribution in [3.63, 3.8) is 0 Å². The van der Waals surface area contributed by atoms with Gasteiger partial charge in [-0.3, -0.25) is 0 Å². The van der Waals surface area contributed by atoms with Gasteiger partial charge < -0.3 is 14.7 Å². The van der Waals surface area contributed by atoms with Crippen molar-refractivity contribution in [2.75, 3.05) is 32.2 Å². The molecule has 16 heavy (non-hydrogen) atoms. The van der Waals surface area contributed by atoms with Crippen molar-refractivity contribution in [1.29, 1.82) is 0 Å². The lowest BCUT2D eigenvalue weighted by Crippen LogP contribution is -2.19. The fourth-order valence-corrected chi connectivity index (χ4v) is 1.82. The number of hydrogen-bond acceptors (Lipinski definition) is 3. The summed E-state index contributed by atoms with van der Waals surface area (Å²) >= 11 is 6.14. The lowest BCUT2D eigenvalue weighted by molar-refractivity contribution is 0.285. The first kappa shape index (κ1) is 13.1. The van der Waals surface area contributed by atoms with Gasteiger partial charge in [0, 0.05) is 26.3 Å². The molecule has 0 aliphatic rings. The molecular weight excluding hydrogens is 226 g/mol. The maximum absolute atomic E-state index is 8.71. The molecule has 0 amide bonds. The minimum Gasteiger partial charge on any atom is -0.497 e. The Kier molecular flexibility index (Phi) is 5.43. The number of methoxy groups -OCH3 is 1. The van der Waals surface area contributed by atoms with Crippen LogP contribution in [-0.2, 0) is 0 Å². The molecule has 0 atom stereocenters. The topological polar surface area (TPSA) is 32.7 Å². The molecule has 0 aliphatic carbocycles. The minimum atomic E-state index is 0.240. The first-order chi connectivity index (χ1) is 7.69. The number of aliphatic hydroxyl groups excluding tert-OH is 1. The number of unbranched alkanes of at least 4 members (excludes halogenated alkanes) is 1. The van der Waals surface area contributed by atoms with Crippen LogP contribution < -0.4 is 9.64 Å². The molecule has 1 aromatic rings. The van der Waals surface area contributed by atoms with Gasteiger partial charge in [-0.05, 0) is 25.0 Å². The molecular formula is C12H18ClNO2. The summed E-state index contributed by atoms with van der Waals surface area (Å²) in [6.45, 7) is 1.12. The highest BCUT2D eigenvalue weighted by Gasteiger charge is 2.06. The van der Waals surface area contributed by atoms with Crippen molar-refractivity contribution < 1.29 is 9.84 Å². The summed E-state index contributed by atoms with van der Waals surface area (Å²) in [5, 5.41) is 9.40. The molecule has 90 valence electrons. The highest BCUT2D eigenvalue weighted by Crippen LogP contribution is 2.29. The molecule has 1 rings (SSSR count). The van der Waals surface area contributed by atoms with Crippen LogP contribution in [0, 0.1) is 0 Å². The number of halogens is 1. The third-order valence-electron chi connectivity index (χ3n) is 2.47. The summed E-state index contributed by atoms with van der Waals surface area (Å²) in [5.41, 5.74) is 0.986. The number of hydrogen-bond donors (Lipinski definition) is 1. The van der Waals surface area contributed by atoms with Crippen molar-refractivity contribution >= 4 is 17.3 Å². The molecule has 0 radical (unpaired) electrons. The lowest BCUT2D eigenvalue weighted by Gasteiger charge is -2.20. The van der Waals surface area contributed by atoms with Crippen LogP contribution in [0.15, 0.2) is 18.2 Å². The van der Waals surface area contributed by atoms with Crippen molar-refractivity contribution in [2.24, 2.45) is 0 Å². The van der Waals surface area contributed by atoms with E-state index in [4.69, 9.17) is 21.4 Å². The molecule has 0 aliphatic heterocycles. The van der Waals surface area contributed by atoms with Crippen molar-refractivity contribution in [1.82, 2.24) is 0 Å². The van der Waals surface area contributed by atoms with Crippen molar-refractivity contribution in [2.45, 2.75) is 12.8 Å². The van der Waals surface area contributed by atoms with E-state index in [0.717, 1.165) is 30.8 Å². The lowest BCUT2D eigenvalue weighted by atomic mass is 10.2. The number of benzene rings is 1. The molecule has 0 spiro atoms. The van der Waals surface area contributed by atoms with Crippen LogP contribution in [0.5, 0.6) is 5.75 Å². The Morgan fingerprint density at radius 1 is 1.38 bits per heavy atom. The largest absolute Gasteiger partial charge is 0.497 e. The van der Waals surface area contributed by atoms with Gasteiger partial charge in [0.05, 0.1) is 17.8 Å². The van der Waals surface area contributed by atoms with Crippen LogP contribution >= 0.6 is 11.6 Å². The fourth-order valence-electron chi connectivity index (χ4n) is 1.51. The van der Waals surface area contributed by atoms with Crippen LogP contribution in [0.3, 0.4) is 0 Å². The fraction of sp³-hybridized carbons (Fsp3) is 0.500. The molecule has 1 N–H and O–H groups in total. The predicted molar refractivity (Wildman–Crippen MR) is 67.6 cm³/mol. The van der Waals surface area contributed by atoms with Crippen LogP contribution in [0.1, 0.15) is 12.8 Å². The Bertz CT molecular complexity index is 331. The number of rotatable bonds is 6. The zero-order valence-corrected chi connectivity index (χ0v) is 10.5. The second kappa shape index (κ2) is 6.61. The van der Waals surface area contributed by atoms with E-state index in [-0.39, 0.29) is 6.61 Å². The third kappa shape index (κ3) is 3.58. The molecule has 0 fully saturated rings. The van der Waals surface area contributed by atoms with Gasteiger partial charge in [0.2, 0.25) is 0 Å². The molecule has 1 aromatic carbocycles. The van der Waals surface area contributed by atoms with E-state index < -0.39 is 0 Å². The highest BCUT2D eigenvalue weighted by molar-refractivity contribution is 6.33. The van der Waals surface area contributed by atoms with Crippen molar-refractivity contribution in [3.05, 3.63) is 23.2 Å². The monoisotopic (exact) mass is 243 g/mol. The Morgan fingerprint density at radius 2 is 2.12 bits per heavy atom. The standard InChI is InChI=1S/C12H18ClNO2/c1-14(7-3-4-8-15)12-6-5-10(16-2)9-11(12)13/h5-6,9,15H,3-4,7-8H2,1-2H3. The smallest absolute Gasteiger partial charge is 0.120 e. The Morgan fingerprint density at radius 3 is 2.69 bits per heavy atom. The maximum Gasteiger partial charge on any atom is 0.120 e. The normalized spacial score (nSPS) is 10.2. The van der Waals surface area contributed by atoms with Gasteiger partial charge in [-0.25, -0.2) is 0 Å². The minimum absolute atomic E-state index is 0.240. The summed E-state index contributed by atoms with van der Waals surface area (Å²) in [6, 6.07) is 5.64. The average Bonchev–Trinajstić information content (AvgIpc) is 2.29. The highest BCUT2D eigenvalue weighted by atomic mass is 35.5. The second-order valence-electron chi connectivity index (χ2n) is 3.67. The molecule has 3 nitrogen and oxygen atoms in total. The third-order valence-corrected chi connectivity index (χ3v) is 2.77. The van der Waals surface area contributed by atoms with Gasteiger partial charge in [0.15, 0.2) is 0 Å². The first-order valence-electron chi connectivity index (χ1n) is 5.34. The van der Waals surface area contributed by atoms with Gasteiger partial charge >= 0.3 is 0 Å². The van der Waals surface area contributed by atoms with Crippen LogP contribution in [0.25, 0.3) is 0 Å². The van der Waals surface area contributed by atoms with E-state index in [1.165, 1.54) is 0 Å². The predicted octanol–water partition coefficient (Wildman–Crippen LogP) is 2.56. The number of anilines is 1. The summed E-state index contributed by atoms with van der Waals surface area (Å²) in [7, 11) is 3.61. The van der Waals surface area contributed by atoms with E-state index in [2.05, 4.69) is 4.90 Å². The quantitative estimate of drug-likeness (QED) is 0.780.